The van der Waals surface area contributed by atoms with Gasteiger partial charge in [-0.3, -0.25) is 0 Å². The number of halogens is 1. The van der Waals surface area contributed by atoms with Crippen molar-refractivity contribution in [3.8, 4) is 0 Å². The van der Waals surface area contributed by atoms with Crippen molar-refractivity contribution >= 4 is 5.69 Å². The molecule has 2 nitrogen and oxygen atoms in total. The molecule has 1 aromatic rings. The van der Waals surface area contributed by atoms with Crippen LogP contribution < -0.4 is 10.2 Å². The number of benzene rings is 1. The molecule has 1 atom stereocenters. The quantitative estimate of drug-likeness (QED) is 0.841. The minimum atomic E-state index is -0.104. The molecule has 1 fully saturated rings. The number of aryl methyl sites for hydroxylation is 1. The van der Waals surface area contributed by atoms with Gasteiger partial charge in [0.2, 0.25) is 0 Å². The lowest BCUT2D eigenvalue weighted by Crippen LogP contribution is -2.29. The SMILES string of the molecule is CCCN(c1cc(C)c(F)cc1C(C)NC)C1CC1. The lowest BCUT2D eigenvalue weighted by Gasteiger charge is -2.29. The van der Waals surface area contributed by atoms with Crippen LogP contribution in [-0.4, -0.2) is 19.6 Å². The van der Waals surface area contributed by atoms with Crippen molar-refractivity contribution in [2.45, 2.75) is 52.1 Å². The van der Waals surface area contributed by atoms with Crippen LogP contribution in [0.25, 0.3) is 0 Å². The topological polar surface area (TPSA) is 15.3 Å². The molecule has 3 heteroatoms. The van der Waals surface area contributed by atoms with Gasteiger partial charge in [0.1, 0.15) is 5.82 Å². The van der Waals surface area contributed by atoms with Crippen molar-refractivity contribution in [1.82, 2.24) is 5.32 Å². The van der Waals surface area contributed by atoms with Crippen LogP contribution >= 0.6 is 0 Å². The number of rotatable bonds is 6. The summed E-state index contributed by atoms with van der Waals surface area (Å²) in [5.41, 5.74) is 3.03. The molecule has 0 heterocycles. The Balaban J connectivity index is 2.42. The number of anilines is 1. The summed E-state index contributed by atoms with van der Waals surface area (Å²) < 4.78 is 13.9. The van der Waals surface area contributed by atoms with Crippen molar-refractivity contribution < 1.29 is 4.39 Å². The van der Waals surface area contributed by atoms with E-state index in [1.807, 2.05) is 20.0 Å². The molecule has 0 radical (unpaired) electrons. The van der Waals surface area contributed by atoms with Gasteiger partial charge in [-0.15, -0.1) is 0 Å². The minimum Gasteiger partial charge on any atom is -0.368 e. The Morgan fingerprint density at radius 2 is 2.11 bits per heavy atom. The lowest BCUT2D eigenvalue weighted by atomic mass is 10.0. The average molecular weight is 264 g/mol. The first kappa shape index (κ1) is 14.3. The number of nitrogens with one attached hydrogen (secondary N) is 1. The Hall–Kier alpha value is -1.09. The fourth-order valence-electron chi connectivity index (χ4n) is 2.56. The predicted molar refractivity (Wildman–Crippen MR) is 79.3 cm³/mol. The monoisotopic (exact) mass is 264 g/mol. The molecule has 1 aliphatic carbocycles. The van der Waals surface area contributed by atoms with E-state index in [1.165, 1.54) is 18.5 Å². The van der Waals surface area contributed by atoms with Crippen LogP contribution in [0.3, 0.4) is 0 Å². The molecule has 0 aliphatic heterocycles. The Morgan fingerprint density at radius 3 is 2.63 bits per heavy atom. The molecule has 106 valence electrons. The van der Waals surface area contributed by atoms with Crippen molar-refractivity contribution in [1.29, 1.82) is 0 Å². The van der Waals surface area contributed by atoms with Gasteiger partial charge in [-0.1, -0.05) is 6.92 Å². The van der Waals surface area contributed by atoms with E-state index in [0.717, 1.165) is 24.1 Å². The highest BCUT2D eigenvalue weighted by Gasteiger charge is 2.30. The molecule has 0 spiro atoms. The van der Waals surface area contributed by atoms with Gasteiger partial charge < -0.3 is 10.2 Å². The summed E-state index contributed by atoms with van der Waals surface area (Å²) in [7, 11) is 1.92. The highest BCUT2D eigenvalue weighted by atomic mass is 19.1. The molecular weight excluding hydrogens is 239 g/mol. The molecule has 0 amide bonds. The second kappa shape index (κ2) is 5.91. The average Bonchev–Trinajstić information content (AvgIpc) is 3.22. The zero-order valence-electron chi connectivity index (χ0n) is 12.5. The normalized spacial score (nSPS) is 16.5. The first-order valence-corrected chi connectivity index (χ1v) is 7.32. The summed E-state index contributed by atoms with van der Waals surface area (Å²) in [6.45, 7) is 7.19. The third-order valence-corrected chi connectivity index (χ3v) is 3.97. The van der Waals surface area contributed by atoms with E-state index in [2.05, 4.69) is 24.1 Å². The van der Waals surface area contributed by atoms with Crippen LogP contribution in [0.15, 0.2) is 12.1 Å². The van der Waals surface area contributed by atoms with Crippen LogP contribution in [0.4, 0.5) is 10.1 Å². The Bertz CT molecular complexity index is 441. The van der Waals surface area contributed by atoms with E-state index in [9.17, 15) is 4.39 Å². The van der Waals surface area contributed by atoms with Crippen LogP contribution in [0, 0.1) is 12.7 Å². The maximum absolute atomic E-state index is 13.9. The largest absolute Gasteiger partial charge is 0.368 e. The predicted octanol–water partition coefficient (Wildman–Crippen LogP) is 3.79. The standard InChI is InChI=1S/C16H25FN2/c1-5-8-19(13-6-7-13)16-9-11(2)15(17)10-14(16)12(3)18-4/h9-10,12-13,18H,5-8H2,1-4H3. The summed E-state index contributed by atoms with van der Waals surface area (Å²) in [6.07, 6.45) is 3.66. The van der Waals surface area contributed by atoms with Crippen LogP contribution in [0.1, 0.15) is 50.3 Å². The Morgan fingerprint density at radius 1 is 1.42 bits per heavy atom. The van der Waals surface area contributed by atoms with Crippen LogP contribution in [0.2, 0.25) is 0 Å². The van der Waals surface area contributed by atoms with Gasteiger partial charge in [-0.25, -0.2) is 4.39 Å². The summed E-state index contributed by atoms with van der Waals surface area (Å²) in [6, 6.07) is 4.56. The van der Waals surface area contributed by atoms with Gasteiger partial charge in [-0.2, -0.15) is 0 Å². The van der Waals surface area contributed by atoms with E-state index in [-0.39, 0.29) is 11.9 Å². The van der Waals surface area contributed by atoms with E-state index >= 15 is 0 Å². The lowest BCUT2D eigenvalue weighted by molar-refractivity contribution is 0.598. The van der Waals surface area contributed by atoms with E-state index in [1.54, 1.807) is 6.07 Å². The molecule has 2 rings (SSSR count). The van der Waals surface area contributed by atoms with Crippen LogP contribution in [-0.2, 0) is 0 Å². The first-order chi connectivity index (χ1) is 9.08. The van der Waals surface area contributed by atoms with Gasteiger partial charge in [0.25, 0.3) is 0 Å². The molecule has 1 aromatic carbocycles. The summed E-state index contributed by atoms with van der Waals surface area (Å²) in [4.78, 5) is 2.47. The van der Waals surface area contributed by atoms with Gasteiger partial charge in [0.05, 0.1) is 0 Å². The van der Waals surface area contributed by atoms with Crippen molar-refractivity contribution in [3.05, 3.63) is 29.1 Å². The second-order valence-electron chi connectivity index (χ2n) is 5.60. The van der Waals surface area contributed by atoms with Crippen molar-refractivity contribution in [3.63, 3.8) is 0 Å². The van der Waals surface area contributed by atoms with Gasteiger partial charge in [-0.05, 0) is 63.4 Å². The van der Waals surface area contributed by atoms with Gasteiger partial charge in [0, 0.05) is 24.3 Å². The highest BCUT2D eigenvalue weighted by molar-refractivity contribution is 5.58. The maximum atomic E-state index is 13.9. The number of nitrogens with zero attached hydrogens (tertiary/aromatic N) is 1. The third kappa shape index (κ3) is 3.08. The maximum Gasteiger partial charge on any atom is 0.126 e. The summed E-state index contributed by atoms with van der Waals surface area (Å²) in [5.74, 6) is -0.104. The fraction of sp³-hybridized carbons (Fsp3) is 0.625. The van der Waals surface area contributed by atoms with Gasteiger partial charge in [0.15, 0.2) is 0 Å². The number of hydrogen-bond donors (Lipinski definition) is 1. The van der Waals surface area contributed by atoms with Crippen molar-refractivity contribution in [2.24, 2.45) is 0 Å². The molecule has 0 bridgehead atoms. The smallest absolute Gasteiger partial charge is 0.126 e. The fourth-order valence-corrected chi connectivity index (χ4v) is 2.56. The molecule has 1 saturated carbocycles. The third-order valence-electron chi connectivity index (χ3n) is 3.97. The molecule has 1 unspecified atom stereocenters. The molecule has 0 aromatic heterocycles. The zero-order valence-corrected chi connectivity index (χ0v) is 12.5. The van der Waals surface area contributed by atoms with E-state index in [4.69, 9.17) is 0 Å². The first-order valence-electron chi connectivity index (χ1n) is 7.32. The van der Waals surface area contributed by atoms with Crippen molar-refractivity contribution in [2.75, 3.05) is 18.5 Å². The van der Waals surface area contributed by atoms with E-state index in [0.29, 0.717) is 6.04 Å². The Labute approximate surface area is 116 Å². The zero-order chi connectivity index (χ0) is 14.0. The molecule has 19 heavy (non-hydrogen) atoms. The molecule has 1 N–H and O–H groups in total. The second-order valence-corrected chi connectivity index (χ2v) is 5.60. The van der Waals surface area contributed by atoms with E-state index < -0.39 is 0 Å². The molecule has 1 aliphatic rings. The number of hydrogen-bond acceptors (Lipinski definition) is 2. The Kier molecular flexibility index (Phi) is 4.46. The minimum absolute atomic E-state index is 0.104. The summed E-state index contributed by atoms with van der Waals surface area (Å²) in [5, 5.41) is 3.23. The highest BCUT2D eigenvalue weighted by Crippen LogP contribution is 2.37. The van der Waals surface area contributed by atoms with Crippen LogP contribution in [0.5, 0.6) is 0 Å². The molecular formula is C16H25FN2. The summed E-state index contributed by atoms with van der Waals surface area (Å²) >= 11 is 0. The van der Waals surface area contributed by atoms with Gasteiger partial charge >= 0.3 is 0 Å². The molecule has 0 saturated heterocycles.